The summed E-state index contributed by atoms with van der Waals surface area (Å²) in [4.78, 5) is 23.7. The Hall–Kier alpha value is -1.82. The van der Waals surface area contributed by atoms with Crippen molar-refractivity contribution >= 4 is 33.5 Å². The predicted molar refractivity (Wildman–Crippen MR) is 72.7 cm³/mol. The number of carbonyl (C=O) groups excluding carboxylic acids is 1. The van der Waals surface area contributed by atoms with Crippen LogP contribution in [0.25, 0.3) is 0 Å². The lowest BCUT2D eigenvalue weighted by atomic mass is 10.1. The molecule has 1 amide bonds. The number of primary amides is 1. The molecule has 0 radical (unpaired) electrons. The summed E-state index contributed by atoms with van der Waals surface area (Å²) in [6, 6.07) is 4.94. The fourth-order valence-corrected chi connectivity index (χ4v) is 1.91. The van der Waals surface area contributed by atoms with Crippen molar-refractivity contribution in [3.05, 3.63) is 40.9 Å². The number of carboxylic acids is 1. The molecule has 0 atom stereocenters. The lowest BCUT2D eigenvalue weighted by Crippen LogP contribution is -2.31. The van der Waals surface area contributed by atoms with Crippen LogP contribution in [0, 0.1) is 0 Å². The topological polar surface area (TPSA) is 83.6 Å². The summed E-state index contributed by atoms with van der Waals surface area (Å²) in [5.74, 6) is -1.60. The lowest BCUT2D eigenvalue weighted by Gasteiger charge is -2.23. The molecular weight excluding hydrogens is 300 g/mol. The number of benzene rings is 1. The molecule has 1 rings (SSSR count). The maximum atomic E-state index is 11.4. The molecule has 0 fully saturated rings. The van der Waals surface area contributed by atoms with Crippen molar-refractivity contribution in [3.8, 4) is 0 Å². The number of hydrogen-bond acceptors (Lipinski definition) is 3. The molecular formula is C12H13BrN2O3. The number of aliphatic carboxylic acids is 1. The Morgan fingerprint density at radius 3 is 2.67 bits per heavy atom. The number of rotatable bonds is 6. The average molecular weight is 313 g/mol. The van der Waals surface area contributed by atoms with Gasteiger partial charge in [0.1, 0.15) is 6.54 Å². The molecule has 3 N–H and O–H groups in total. The van der Waals surface area contributed by atoms with Crippen LogP contribution in [0.15, 0.2) is 35.3 Å². The van der Waals surface area contributed by atoms with Gasteiger partial charge in [0.25, 0.3) is 5.91 Å². The third-order valence-electron chi connectivity index (χ3n) is 2.24. The number of carbonyl (C=O) groups is 2. The number of anilines is 1. The van der Waals surface area contributed by atoms with Gasteiger partial charge < -0.3 is 15.7 Å². The third-order valence-corrected chi connectivity index (χ3v) is 2.73. The van der Waals surface area contributed by atoms with E-state index in [1.165, 1.54) is 4.90 Å². The van der Waals surface area contributed by atoms with Gasteiger partial charge >= 0.3 is 5.97 Å². The molecule has 6 heteroatoms. The van der Waals surface area contributed by atoms with E-state index in [1.807, 2.05) is 0 Å². The standard InChI is InChI=1S/C12H13BrN2O3/c1-2-5-15(7-11(16)17)10-4-3-8(13)6-9(10)12(14)18/h2-4,6H,1,5,7H2,(H2,14,18)(H,16,17). The Morgan fingerprint density at radius 2 is 2.17 bits per heavy atom. The predicted octanol–water partition coefficient (Wildman–Crippen LogP) is 1.63. The number of hydrogen-bond donors (Lipinski definition) is 2. The number of nitrogens with two attached hydrogens (primary N) is 1. The van der Waals surface area contributed by atoms with E-state index in [1.54, 1.807) is 24.3 Å². The highest BCUT2D eigenvalue weighted by Gasteiger charge is 2.16. The number of carboxylic acid groups (broad SMARTS) is 1. The molecule has 5 nitrogen and oxygen atoms in total. The van der Waals surface area contributed by atoms with Crippen LogP contribution in [-0.2, 0) is 4.79 Å². The summed E-state index contributed by atoms with van der Waals surface area (Å²) < 4.78 is 0.703. The van der Waals surface area contributed by atoms with Gasteiger partial charge in [-0.3, -0.25) is 9.59 Å². The van der Waals surface area contributed by atoms with Crippen LogP contribution in [0.3, 0.4) is 0 Å². The van der Waals surface area contributed by atoms with Gasteiger partial charge in [-0.15, -0.1) is 6.58 Å². The first kappa shape index (κ1) is 14.2. The minimum absolute atomic E-state index is 0.228. The minimum atomic E-state index is -0.991. The normalized spacial score (nSPS) is 9.83. The van der Waals surface area contributed by atoms with Gasteiger partial charge in [-0.25, -0.2) is 0 Å². The molecule has 1 aromatic carbocycles. The van der Waals surface area contributed by atoms with E-state index in [4.69, 9.17) is 10.8 Å². The molecule has 0 aliphatic carbocycles. The van der Waals surface area contributed by atoms with Gasteiger partial charge in [0.05, 0.1) is 11.3 Å². The molecule has 0 saturated carbocycles. The van der Waals surface area contributed by atoms with E-state index >= 15 is 0 Å². The van der Waals surface area contributed by atoms with Crippen LogP contribution in [0.5, 0.6) is 0 Å². The van der Waals surface area contributed by atoms with E-state index < -0.39 is 11.9 Å². The first-order valence-corrected chi connectivity index (χ1v) is 5.92. The lowest BCUT2D eigenvalue weighted by molar-refractivity contribution is -0.135. The first-order valence-electron chi connectivity index (χ1n) is 5.12. The second-order valence-electron chi connectivity index (χ2n) is 3.59. The van der Waals surface area contributed by atoms with Crippen LogP contribution in [0.4, 0.5) is 5.69 Å². The number of nitrogens with zero attached hydrogens (tertiary/aromatic N) is 1. The maximum absolute atomic E-state index is 11.4. The summed E-state index contributed by atoms with van der Waals surface area (Å²) in [5.41, 5.74) is 6.04. The fraction of sp³-hybridized carbons (Fsp3) is 0.167. The zero-order chi connectivity index (χ0) is 13.7. The highest BCUT2D eigenvalue weighted by Crippen LogP contribution is 2.24. The molecule has 0 bridgehead atoms. The average Bonchev–Trinajstić information content (AvgIpc) is 2.27. The van der Waals surface area contributed by atoms with Crippen LogP contribution >= 0.6 is 15.9 Å². The van der Waals surface area contributed by atoms with Crippen molar-refractivity contribution in [2.45, 2.75) is 0 Å². The van der Waals surface area contributed by atoms with E-state index in [0.29, 0.717) is 16.7 Å². The quantitative estimate of drug-likeness (QED) is 0.782. The molecule has 0 aliphatic heterocycles. The Morgan fingerprint density at radius 1 is 1.50 bits per heavy atom. The van der Waals surface area contributed by atoms with Gasteiger partial charge in [0.2, 0.25) is 0 Å². The van der Waals surface area contributed by atoms with Crippen LogP contribution in [-0.4, -0.2) is 30.1 Å². The summed E-state index contributed by atoms with van der Waals surface area (Å²) in [6.07, 6.45) is 1.57. The molecule has 18 heavy (non-hydrogen) atoms. The van der Waals surface area contributed by atoms with E-state index in [-0.39, 0.29) is 12.1 Å². The van der Waals surface area contributed by atoms with E-state index in [0.717, 1.165) is 0 Å². The minimum Gasteiger partial charge on any atom is -0.480 e. The Kier molecular flexibility index (Phi) is 4.91. The second kappa shape index (κ2) is 6.20. The zero-order valence-electron chi connectivity index (χ0n) is 9.60. The Balaban J connectivity index is 3.21. The van der Waals surface area contributed by atoms with Crippen molar-refractivity contribution in [3.63, 3.8) is 0 Å². The van der Waals surface area contributed by atoms with E-state index in [2.05, 4.69) is 22.5 Å². The van der Waals surface area contributed by atoms with Gasteiger partial charge in [-0.2, -0.15) is 0 Å². The van der Waals surface area contributed by atoms with Gasteiger partial charge in [-0.1, -0.05) is 22.0 Å². The van der Waals surface area contributed by atoms with Crippen molar-refractivity contribution in [1.29, 1.82) is 0 Å². The maximum Gasteiger partial charge on any atom is 0.323 e. The molecule has 0 aromatic heterocycles. The smallest absolute Gasteiger partial charge is 0.323 e. The molecule has 1 aromatic rings. The SMILES string of the molecule is C=CCN(CC(=O)O)c1ccc(Br)cc1C(N)=O. The number of amides is 1. The van der Waals surface area contributed by atoms with Gasteiger partial charge in [0.15, 0.2) is 0 Å². The van der Waals surface area contributed by atoms with E-state index in [9.17, 15) is 9.59 Å². The summed E-state index contributed by atoms with van der Waals surface area (Å²) >= 11 is 3.24. The molecule has 96 valence electrons. The first-order chi connectivity index (χ1) is 8.45. The summed E-state index contributed by atoms with van der Waals surface area (Å²) in [5, 5.41) is 8.85. The van der Waals surface area contributed by atoms with Crippen molar-refractivity contribution in [2.24, 2.45) is 5.73 Å². The highest BCUT2D eigenvalue weighted by atomic mass is 79.9. The summed E-state index contributed by atoms with van der Waals surface area (Å²) in [7, 11) is 0. The van der Waals surface area contributed by atoms with Crippen LogP contribution in [0.2, 0.25) is 0 Å². The zero-order valence-corrected chi connectivity index (χ0v) is 11.2. The van der Waals surface area contributed by atoms with Gasteiger partial charge in [-0.05, 0) is 18.2 Å². The van der Waals surface area contributed by atoms with Crippen molar-refractivity contribution < 1.29 is 14.7 Å². The Labute approximate surface area is 113 Å². The summed E-state index contributed by atoms with van der Waals surface area (Å²) in [6.45, 7) is 3.65. The molecule has 0 heterocycles. The molecule has 0 spiro atoms. The third kappa shape index (κ3) is 3.59. The van der Waals surface area contributed by atoms with Crippen LogP contribution in [0.1, 0.15) is 10.4 Å². The second-order valence-corrected chi connectivity index (χ2v) is 4.50. The largest absolute Gasteiger partial charge is 0.480 e. The van der Waals surface area contributed by atoms with Crippen molar-refractivity contribution in [2.75, 3.05) is 18.0 Å². The van der Waals surface area contributed by atoms with Crippen LogP contribution < -0.4 is 10.6 Å². The Bertz CT molecular complexity index is 488. The highest BCUT2D eigenvalue weighted by molar-refractivity contribution is 9.10. The van der Waals surface area contributed by atoms with Crippen molar-refractivity contribution in [1.82, 2.24) is 0 Å². The van der Waals surface area contributed by atoms with Gasteiger partial charge in [0, 0.05) is 11.0 Å². The monoisotopic (exact) mass is 312 g/mol. The molecule has 0 unspecified atom stereocenters. The fourth-order valence-electron chi connectivity index (χ4n) is 1.55. The molecule has 0 saturated heterocycles. The molecule has 0 aliphatic rings. The number of halogens is 1.